The third-order valence-corrected chi connectivity index (χ3v) is 4.07. The summed E-state index contributed by atoms with van der Waals surface area (Å²) in [6, 6.07) is 5.91. The highest BCUT2D eigenvalue weighted by Gasteiger charge is 2.45. The van der Waals surface area contributed by atoms with Crippen LogP contribution >= 0.6 is 0 Å². The molecular weight excluding hydrogens is 351 g/mol. The molecule has 0 aliphatic heterocycles. The Labute approximate surface area is 145 Å². The Balaban J connectivity index is 1.95. The number of hydrogen-bond donors (Lipinski definition) is 3. The second kappa shape index (κ2) is 6.71. The standard InChI is InChI=1S/C16H14F3N5O2/c17-9-3-1-2-8(6-9)16(4-5-16)23-15-21-7-10(14(26)24-20)11(22-15)12(25)13(18)19/h1-3,6-7,13H,4-5,20H2,(H,24,26)(H,21,22,23). The third kappa shape index (κ3) is 3.36. The van der Waals surface area contributed by atoms with Crippen LogP contribution in [0, 0.1) is 5.82 Å². The highest BCUT2D eigenvalue weighted by Crippen LogP contribution is 2.47. The largest absolute Gasteiger partial charge is 0.345 e. The van der Waals surface area contributed by atoms with Gasteiger partial charge in [-0.3, -0.25) is 15.0 Å². The molecule has 1 aromatic heterocycles. The SMILES string of the molecule is NNC(=O)c1cnc(NC2(c3cccc(F)c3)CC2)nc1C(=O)C(F)F. The van der Waals surface area contributed by atoms with Gasteiger partial charge in [0, 0.05) is 6.20 Å². The van der Waals surface area contributed by atoms with Gasteiger partial charge in [-0.1, -0.05) is 12.1 Å². The monoisotopic (exact) mass is 365 g/mol. The normalized spacial score (nSPS) is 14.8. The highest BCUT2D eigenvalue weighted by molar-refractivity contribution is 6.07. The van der Waals surface area contributed by atoms with E-state index in [1.807, 2.05) is 0 Å². The van der Waals surface area contributed by atoms with Gasteiger partial charge in [0.15, 0.2) is 0 Å². The molecule has 0 radical (unpaired) electrons. The zero-order chi connectivity index (χ0) is 18.9. The average molecular weight is 365 g/mol. The predicted molar refractivity (Wildman–Crippen MR) is 85.0 cm³/mol. The summed E-state index contributed by atoms with van der Waals surface area (Å²) >= 11 is 0. The molecule has 1 saturated carbocycles. The quantitative estimate of drug-likeness (QED) is 0.311. The molecule has 7 nitrogen and oxygen atoms in total. The maximum Gasteiger partial charge on any atom is 0.302 e. The number of ketones is 1. The second-order valence-corrected chi connectivity index (χ2v) is 5.81. The molecule has 1 aliphatic carbocycles. The molecule has 0 bridgehead atoms. The van der Waals surface area contributed by atoms with Crippen LogP contribution in [0.4, 0.5) is 19.1 Å². The fraction of sp³-hybridized carbons (Fsp3) is 0.250. The van der Waals surface area contributed by atoms with Gasteiger partial charge in [-0.2, -0.15) is 0 Å². The van der Waals surface area contributed by atoms with Crippen LogP contribution in [0.3, 0.4) is 0 Å². The zero-order valence-electron chi connectivity index (χ0n) is 13.3. The van der Waals surface area contributed by atoms with Gasteiger partial charge in [-0.15, -0.1) is 0 Å². The fourth-order valence-corrected chi connectivity index (χ4v) is 2.59. The van der Waals surface area contributed by atoms with Crippen molar-refractivity contribution in [2.75, 3.05) is 5.32 Å². The summed E-state index contributed by atoms with van der Waals surface area (Å²) < 4.78 is 39.1. The molecule has 136 valence electrons. The van der Waals surface area contributed by atoms with Crippen molar-refractivity contribution in [2.24, 2.45) is 5.84 Å². The van der Waals surface area contributed by atoms with E-state index in [1.54, 1.807) is 17.6 Å². The predicted octanol–water partition coefficient (Wildman–Crippen LogP) is 1.77. The molecule has 3 rings (SSSR count). The van der Waals surface area contributed by atoms with Crippen molar-refractivity contribution in [1.29, 1.82) is 0 Å². The molecule has 0 saturated heterocycles. The summed E-state index contributed by atoms with van der Waals surface area (Å²) in [4.78, 5) is 31.0. The van der Waals surface area contributed by atoms with E-state index in [-0.39, 0.29) is 5.95 Å². The first kappa shape index (κ1) is 17.8. The van der Waals surface area contributed by atoms with Crippen molar-refractivity contribution < 1.29 is 22.8 Å². The molecule has 1 heterocycles. The van der Waals surface area contributed by atoms with E-state index in [4.69, 9.17) is 5.84 Å². The minimum atomic E-state index is -3.35. The summed E-state index contributed by atoms with van der Waals surface area (Å²) in [5.74, 6) is 1.86. The van der Waals surface area contributed by atoms with E-state index in [0.717, 1.165) is 6.20 Å². The number of nitrogens with one attached hydrogen (secondary N) is 2. The number of halogens is 3. The molecular formula is C16H14F3N5O2. The van der Waals surface area contributed by atoms with Crippen LogP contribution in [0.1, 0.15) is 39.3 Å². The molecule has 1 fully saturated rings. The number of Topliss-reactive ketones (excluding diaryl/α,β-unsaturated/α-hetero) is 1. The van der Waals surface area contributed by atoms with Crippen molar-refractivity contribution in [3.63, 3.8) is 0 Å². The Morgan fingerprint density at radius 1 is 1.27 bits per heavy atom. The first-order valence-electron chi connectivity index (χ1n) is 7.61. The Hall–Kier alpha value is -3.01. The van der Waals surface area contributed by atoms with E-state index in [9.17, 15) is 22.8 Å². The lowest BCUT2D eigenvalue weighted by molar-refractivity contribution is 0.0669. The number of hydrogen-bond acceptors (Lipinski definition) is 6. The third-order valence-electron chi connectivity index (χ3n) is 4.07. The minimum absolute atomic E-state index is 0.121. The number of nitrogens with zero attached hydrogens (tertiary/aromatic N) is 2. The van der Waals surface area contributed by atoms with Gasteiger partial charge in [0.2, 0.25) is 11.7 Å². The van der Waals surface area contributed by atoms with E-state index in [0.29, 0.717) is 18.4 Å². The molecule has 4 N–H and O–H groups in total. The first-order chi connectivity index (χ1) is 12.4. The van der Waals surface area contributed by atoms with Crippen molar-refractivity contribution >= 4 is 17.6 Å². The topological polar surface area (TPSA) is 110 Å². The molecule has 26 heavy (non-hydrogen) atoms. The minimum Gasteiger partial charge on any atom is -0.345 e. The molecule has 1 aliphatic rings. The van der Waals surface area contributed by atoms with Crippen LogP contribution < -0.4 is 16.6 Å². The van der Waals surface area contributed by atoms with Crippen LogP contribution in [0.5, 0.6) is 0 Å². The van der Waals surface area contributed by atoms with Crippen LogP contribution in [-0.4, -0.2) is 28.1 Å². The second-order valence-electron chi connectivity index (χ2n) is 5.81. The number of anilines is 1. The summed E-state index contributed by atoms with van der Waals surface area (Å²) in [5.41, 5.74) is 0.547. The molecule has 0 atom stereocenters. The highest BCUT2D eigenvalue weighted by atomic mass is 19.3. The first-order valence-corrected chi connectivity index (χ1v) is 7.61. The molecule has 1 amide bonds. The maximum absolute atomic E-state index is 13.5. The number of carbonyl (C=O) groups excluding carboxylic acids is 2. The molecule has 0 spiro atoms. The van der Waals surface area contributed by atoms with Crippen molar-refractivity contribution in [2.45, 2.75) is 24.8 Å². The average Bonchev–Trinajstić information content (AvgIpc) is 3.41. The van der Waals surface area contributed by atoms with Gasteiger partial charge >= 0.3 is 6.43 Å². The Bertz CT molecular complexity index is 871. The summed E-state index contributed by atoms with van der Waals surface area (Å²) in [7, 11) is 0. The van der Waals surface area contributed by atoms with Crippen molar-refractivity contribution in [1.82, 2.24) is 15.4 Å². The van der Waals surface area contributed by atoms with Gasteiger partial charge in [0.1, 0.15) is 11.5 Å². The lowest BCUT2D eigenvalue weighted by atomic mass is 10.1. The van der Waals surface area contributed by atoms with Crippen LogP contribution in [0.25, 0.3) is 0 Å². The number of aromatic nitrogens is 2. The van der Waals surface area contributed by atoms with E-state index in [2.05, 4.69) is 15.3 Å². The zero-order valence-corrected chi connectivity index (χ0v) is 13.3. The summed E-state index contributed by atoms with van der Waals surface area (Å²) in [5, 5.41) is 2.94. The molecule has 0 unspecified atom stereocenters. The number of alkyl halides is 2. The number of nitrogens with two attached hydrogens (primary N) is 1. The Kier molecular flexibility index (Phi) is 4.60. The summed E-state index contributed by atoms with van der Waals surface area (Å²) in [6.45, 7) is 0. The molecule has 1 aromatic carbocycles. The van der Waals surface area contributed by atoms with Gasteiger partial charge in [0.25, 0.3) is 5.91 Å². The van der Waals surface area contributed by atoms with Gasteiger partial charge in [0.05, 0.1) is 11.1 Å². The number of nitrogen functional groups attached to an aromatic ring is 1. The lowest BCUT2D eigenvalue weighted by Gasteiger charge is -2.18. The summed E-state index contributed by atoms with van der Waals surface area (Å²) in [6.07, 6.45) is -1.12. The van der Waals surface area contributed by atoms with E-state index >= 15 is 0 Å². The Morgan fingerprint density at radius 3 is 2.58 bits per heavy atom. The maximum atomic E-state index is 13.5. The lowest BCUT2D eigenvalue weighted by Crippen LogP contribution is -2.33. The van der Waals surface area contributed by atoms with Gasteiger partial charge in [-0.25, -0.2) is 29.0 Å². The number of rotatable bonds is 6. The van der Waals surface area contributed by atoms with Crippen molar-refractivity contribution in [3.8, 4) is 0 Å². The fourth-order valence-electron chi connectivity index (χ4n) is 2.59. The smallest absolute Gasteiger partial charge is 0.302 e. The van der Waals surface area contributed by atoms with Gasteiger partial charge in [-0.05, 0) is 30.5 Å². The number of carbonyl (C=O) groups is 2. The Morgan fingerprint density at radius 2 is 2.00 bits per heavy atom. The van der Waals surface area contributed by atoms with E-state index < -0.39 is 40.7 Å². The van der Waals surface area contributed by atoms with Crippen molar-refractivity contribution in [3.05, 3.63) is 53.1 Å². The van der Waals surface area contributed by atoms with Gasteiger partial charge < -0.3 is 5.32 Å². The number of benzene rings is 1. The van der Waals surface area contributed by atoms with Crippen LogP contribution in [0.2, 0.25) is 0 Å². The molecule has 2 aromatic rings. The number of hydrazine groups is 1. The number of amides is 1. The van der Waals surface area contributed by atoms with Crippen LogP contribution in [0.15, 0.2) is 30.5 Å². The van der Waals surface area contributed by atoms with E-state index in [1.165, 1.54) is 12.1 Å². The molecule has 10 heteroatoms. The van der Waals surface area contributed by atoms with Crippen LogP contribution in [-0.2, 0) is 5.54 Å².